The number of thioether (sulfide) groups is 1. The fraction of sp³-hybridized carbons (Fsp3) is 0.450. The Morgan fingerprint density at radius 1 is 1.25 bits per heavy atom. The van der Waals surface area contributed by atoms with Crippen LogP contribution in [0, 0.1) is 47.8 Å². The van der Waals surface area contributed by atoms with Crippen LogP contribution in [0.2, 0.25) is 0 Å². The second-order valence-electron chi connectivity index (χ2n) is 7.39. The number of carbonyl (C=O) groups is 3. The van der Waals surface area contributed by atoms with E-state index in [2.05, 4.69) is 16.4 Å². The van der Waals surface area contributed by atoms with Crippen LogP contribution in [0.3, 0.4) is 0 Å². The van der Waals surface area contributed by atoms with E-state index in [0.29, 0.717) is 22.5 Å². The van der Waals surface area contributed by atoms with Gasteiger partial charge in [0.15, 0.2) is 11.6 Å². The lowest BCUT2D eigenvalue weighted by atomic mass is 9.72. The van der Waals surface area contributed by atoms with Gasteiger partial charge in [-0.3, -0.25) is 14.4 Å². The Balaban J connectivity index is 2.39. The number of allylic oxidation sites excluding steroid dienone is 1. The van der Waals surface area contributed by atoms with Crippen LogP contribution in [-0.2, 0) is 4.79 Å². The van der Waals surface area contributed by atoms with Crippen molar-refractivity contribution < 1.29 is 14.4 Å². The molecule has 0 saturated carbocycles. The summed E-state index contributed by atoms with van der Waals surface area (Å²) < 4.78 is 0. The van der Waals surface area contributed by atoms with Gasteiger partial charge in [0.1, 0.15) is 5.92 Å². The number of Topliss-reactive ketones (excluding diaryl/α,β-unsaturated/α-hetero) is 2. The predicted octanol–water partition coefficient (Wildman–Crippen LogP) is 3.17. The van der Waals surface area contributed by atoms with Crippen LogP contribution < -0.4 is 5.32 Å². The Morgan fingerprint density at radius 2 is 1.86 bits per heavy atom. The third-order valence-electron chi connectivity index (χ3n) is 5.03. The number of nitriles is 2. The van der Waals surface area contributed by atoms with E-state index in [0.717, 1.165) is 11.8 Å². The summed E-state index contributed by atoms with van der Waals surface area (Å²) in [7, 11) is 0. The van der Waals surface area contributed by atoms with Crippen molar-refractivity contribution in [3.8, 4) is 12.1 Å². The van der Waals surface area contributed by atoms with Gasteiger partial charge in [0.2, 0.25) is 5.91 Å². The molecule has 0 aliphatic carbocycles. The first-order valence-electron chi connectivity index (χ1n) is 8.73. The third kappa shape index (κ3) is 3.48. The molecule has 0 radical (unpaired) electrons. The molecular weight excluding hydrogens is 376 g/mol. The molecule has 0 fully saturated rings. The topological polar surface area (TPSA) is 127 Å². The van der Waals surface area contributed by atoms with Crippen molar-refractivity contribution in [1.82, 2.24) is 10.3 Å². The highest BCUT2D eigenvalue weighted by molar-refractivity contribution is 8.04. The Labute approximate surface area is 168 Å². The monoisotopic (exact) mass is 398 g/mol. The number of aryl methyl sites for hydroxylation is 1. The smallest absolute Gasteiger partial charge is 0.243 e. The van der Waals surface area contributed by atoms with Gasteiger partial charge >= 0.3 is 0 Å². The van der Waals surface area contributed by atoms with Gasteiger partial charge in [-0.05, 0) is 33.3 Å². The van der Waals surface area contributed by atoms with Crippen LogP contribution in [0.25, 0.3) is 0 Å². The summed E-state index contributed by atoms with van der Waals surface area (Å²) in [6.45, 7) is 9.92. The number of ketones is 2. The average Bonchev–Trinajstić information content (AvgIpc) is 2.88. The van der Waals surface area contributed by atoms with Crippen molar-refractivity contribution in [1.29, 1.82) is 10.5 Å². The number of nitrogens with one attached hydrogen (secondary N) is 2. The number of aromatic amines is 1. The summed E-state index contributed by atoms with van der Waals surface area (Å²) in [5.41, 5.74) is 1.38. The van der Waals surface area contributed by atoms with Crippen LogP contribution in [-0.4, -0.2) is 27.7 Å². The number of nitrogens with zero attached hydrogens (tertiary/aromatic N) is 2. The van der Waals surface area contributed by atoms with Crippen molar-refractivity contribution in [2.75, 3.05) is 0 Å². The highest BCUT2D eigenvalue weighted by atomic mass is 32.2. The van der Waals surface area contributed by atoms with Gasteiger partial charge in [0, 0.05) is 16.7 Å². The molecule has 1 amide bonds. The van der Waals surface area contributed by atoms with Crippen molar-refractivity contribution >= 4 is 29.2 Å². The van der Waals surface area contributed by atoms with Crippen molar-refractivity contribution in [2.24, 2.45) is 11.3 Å². The molecule has 0 bridgehead atoms. The van der Waals surface area contributed by atoms with Gasteiger partial charge in [-0.2, -0.15) is 10.5 Å². The maximum atomic E-state index is 13.0. The molecular formula is C20H22N4O3S. The van der Waals surface area contributed by atoms with Crippen LogP contribution >= 0.6 is 11.8 Å². The average molecular weight is 398 g/mol. The summed E-state index contributed by atoms with van der Waals surface area (Å²) in [6, 6.07) is 4.03. The normalized spacial score (nSPS) is 19.4. The molecule has 1 aromatic heterocycles. The SMILES string of the molecule is CC(=O)c1c(C)[nH]c(C(=O)[C@H](C)SC2=C(C#N)C(C)(C)[C@H](C#N)C(=O)N2)c1C. The summed E-state index contributed by atoms with van der Waals surface area (Å²) in [5, 5.41) is 21.2. The van der Waals surface area contributed by atoms with E-state index in [1.807, 2.05) is 6.07 Å². The van der Waals surface area contributed by atoms with E-state index in [4.69, 9.17) is 0 Å². The predicted molar refractivity (Wildman–Crippen MR) is 105 cm³/mol. The Bertz CT molecular complexity index is 988. The minimum Gasteiger partial charge on any atom is -0.355 e. The molecule has 0 unspecified atom stereocenters. The molecule has 28 heavy (non-hydrogen) atoms. The van der Waals surface area contributed by atoms with Crippen molar-refractivity contribution in [2.45, 2.75) is 46.8 Å². The number of rotatable bonds is 5. The number of hydrogen-bond donors (Lipinski definition) is 2. The molecule has 2 atom stereocenters. The zero-order valence-corrected chi connectivity index (χ0v) is 17.5. The molecule has 146 valence electrons. The summed E-state index contributed by atoms with van der Waals surface area (Å²) in [5.74, 6) is -1.83. The van der Waals surface area contributed by atoms with Crippen LogP contribution in [0.5, 0.6) is 0 Å². The Hall–Kier alpha value is -2.84. The number of carbonyl (C=O) groups excluding carboxylic acids is 3. The molecule has 1 aliphatic heterocycles. The summed E-state index contributed by atoms with van der Waals surface area (Å²) in [6.07, 6.45) is 0. The molecule has 0 aromatic carbocycles. The maximum Gasteiger partial charge on any atom is 0.243 e. The highest BCUT2D eigenvalue weighted by Crippen LogP contribution is 2.43. The quantitative estimate of drug-likeness (QED) is 0.734. The molecule has 1 aliphatic rings. The standard InChI is InChI=1S/C20H22N4O3S/c1-9-15(11(3)25)10(2)23-16(9)17(26)12(4)28-19-14(8-22)20(5,6)13(7-21)18(27)24-19/h12-13,23H,1-6H3,(H,24,27)/t12-,13+/m0/s1. The zero-order chi connectivity index (χ0) is 21.4. The lowest BCUT2D eigenvalue weighted by Gasteiger charge is -2.35. The molecule has 0 spiro atoms. The van der Waals surface area contributed by atoms with Gasteiger partial charge in [-0.25, -0.2) is 0 Å². The highest BCUT2D eigenvalue weighted by Gasteiger charge is 2.45. The van der Waals surface area contributed by atoms with E-state index in [-0.39, 0.29) is 22.2 Å². The molecule has 1 aromatic rings. The van der Waals surface area contributed by atoms with E-state index >= 15 is 0 Å². The molecule has 2 rings (SSSR count). The molecule has 8 heteroatoms. The number of H-pyrrole nitrogens is 1. The second kappa shape index (κ2) is 7.65. The minimum atomic E-state index is -0.982. The fourth-order valence-electron chi connectivity index (χ4n) is 3.47. The molecule has 7 nitrogen and oxygen atoms in total. The molecule has 0 saturated heterocycles. The van der Waals surface area contributed by atoms with E-state index in [9.17, 15) is 24.9 Å². The van der Waals surface area contributed by atoms with Crippen molar-refractivity contribution in [3.05, 3.63) is 33.1 Å². The van der Waals surface area contributed by atoms with Crippen LogP contribution in [0.1, 0.15) is 59.8 Å². The summed E-state index contributed by atoms with van der Waals surface area (Å²) >= 11 is 1.07. The Kier molecular flexibility index (Phi) is 5.86. The zero-order valence-electron chi connectivity index (χ0n) is 16.7. The number of hydrogen-bond acceptors (Lipinski definition) is 6. The lowest BCUT2D eigenvalue weighted by molar-refractivity contribution is -0.125. The van der Waals surface area contributed by atoms with E-state index < -0.39 is 22.5 Å². The maximum absolute atomic E-state index is 13.0. The third-order valence-corrected chi connectivity index (χ3v) is 6.14. The Morgan fingerprint density at radius 3 is 2.32 bits per heavy atom. The van der Waals surface area contributed by atoms with Gasteiger partial charge in [0.05, 0.1) is 33.7 Å². The first kappa shape index (κ1) is 21.5. The lowest BCUT2D eigenvalue weighted by Crippen LogP contribution is -2.45. The van der Waals surface area contributed by atoms with Gasteiger partial charge in [-0.1, -0.05) is 25.6 Å². The van der Waals surface area contributed by atoms with Gasteiger partial charge in [-0.15, -0.1) is 0 Å². The largest absolute Gasteiger partial charge is 0.355 e. The van der Waals surface area contributed by atoms with E-state index in [1.165, 1.54) is 6.92 Å². The van der Waals surface area contributed by atoms with E-state index in [1.54, 1.807) is 34.6 Å². The van der Waals surface area contributed by atoms with Gasteiger partial charge < -0.3 is 10.3 Å². The first-order chi connectivity index (χ1) is 13.0. The number of aromatic nitrogens is 1. The fourth-order valence-corrected chi connectivity index (χ4v) is 4.64. The van der Waals surface area contributed by atoms with Crippen molar-refractivity contribution in [3.63, 3.8) is 0 Å². The van der Waals surface area contributed by atoms with Crippen LogP contribution in [0.4, 0.5) is 0 Å². The summed E-state index contributed by atoms with van der Waals surface area (Å²) in [4.78, 5) is 40.0. The second-order valence-corrected chi connectivity index (χ2v) is 8.75. The van der Waals surface area contributed by atoms with Gasteiger partial charge in [0.25, 0.3) is 0 Å². The molecule has 2 heterocycles. The minimum absolute atomic E-state index is 0.121. The molecule has 2 N–H and O–H groups in total. The number of amides is 1. The van der Waals surface area contributed by atoms with Crippen LogP contribution in [0.15, 0.2) is 10.6 Å². The first-order valence-corrected chi connectivity index (χ1v) is 9.61.